The Balaban J connectivity index is 3.04. The van der Waals surface area contributed by atoms with Crippen molar-refractivity contribution < 1.29 is 62.6 Å². The summed E-state index contributed by atoms with van der Waals surface area (Å²) in [5, 5.41) is 1.40. The lowest BCUT2D eigenvalue weighted by Crippen LogP contribution is -2.66. The van der Waals surface area contributed by atoms with Gasteiger partial charge in [-0.2, -0.15) is 48.3 Å². The molecule has 0 unspecified atom stereocenters. The second kappa shape index (κ2) is 6.40. The lowest BCUT2D eigenvalue weighted by molar-refractivity contribution is -0.421. The van der Waals surface area contributed by atoms with E-state index in [1.165, 1.54) is 5.32 Å². The predicted octanol–water partition coefficient (Wildman–Crippen LogP) is 2.91. The Hall–Kier alpha value is -1.83. The van der Waals surface area contributed by atoms with E-state index in [2.05, 4.69) is 4.74 Å². The topological polar surface area (TPSA) is 55.4 Å². The lowest BCUT2D eigenvalue weighted by Gasteiger charge is -2.37. The van der Waals surface area contributed by atoms with Gasteiger partial charge in [-0.15, -0.1) is 0 Å². The molecular weight excluding hydrogens is 403 g/mol. The number of rotatable bonds is 6. The molecule has 152 valence electrons. The van der Waals surface area contributed by atoms with Gasteiger partial charge in [0.2, 0.25) is 5.91 Å². The Labute approximate surface area is 136 Å². The van der Waals surface area contributed by atoms with Gasteiger partial charge >= 0.3 is 35.8 Å². The average Bonchev–Trinajstić information content (AvgIpc) is 2.81. The van der Waals surface area contributed by atoms with Crippen LogP contribution in [0.15, 0.2) is 0 Å². The van der Waals surface area contributed by atoms with E-state index in [4.69, 9.17) is 0 Å². The van der Waals surface area contributed by atoms with Gasteiger partial charge in [-0.05, 0) is 0 Å². The van der Waals surface area contributed by atoms with E-state index in [1.807, 2.05) is 0 Å². The Morgan fingerprint density at radius 2 is 1.42 bits per heavy atom. The van der Waals surface area contributed by atoms with Crippen molar-refractivity contribution in [1.29, 1.82) is 0 Å². The minimum atomic E-state index is -7.58. The van der Waals surface area contributed by atoms with Gasteiger partial charge in [0.1, 0.15) is 6.04 Å². The maximum Gasteiger partial charge on any atom is 0.460 e. The normalized spacial score (nSPS) is 20.1. The summed E-state index contributed by atoms with van der Waals surface area (Å²) in [6.45, 7) is -0.286. The van der Waals surface area contributed by atoms with E-state index in [1.54, 1.807) is 0 Å². The van der Waals surface area contributed by atoms with Crippen LogP contribution in [0.2, 0.25) is 0 Å². The van der Waals surface area contributed by atoms with E-state index < -0.39 is 54.2 Å². The molecule has 26 heavy (non-hydrogen) atoms. The SMILES string of the molecule is O=C(CC(F)(F)C(F)(F)C(F)(F)C(F)(F)C(F)(F)F)N[C@H]1CCOC1=O. The molecule has 4 nitrogen and oxygen atoms in total. The van der Waals surface area contributed by atoms with Gasteiger partial charge in [-0.1, -0.05) is 0 Å². The number of hydrogen-bond donors (Lipinski definition) is 1. The first-order chi connectivity index (χ1) is 11.4. The molecule has 0 saturated carbocycles. The molecule has 0 bridgehead atoms. The summed E-state index contributed by atoms with van der Waals surface area (Å²) in [6.07, 6.45) is -10.4. The van der Waals surface area contributed by atoms with Crippen molar-refractivity contribution in [3.05, 3.63) is 0 Å². The second-order valence-electron chi connectivity index (χ2n) is 5.18. The first-order valence-electron chi connectivity index (χ1n) is 6.42. The van der Waals surface area contributed by atoms with Crippen molar-refractivity contribution in [2.45, 2.75) is 48.7 Å². The van der Waals surface area contributed by atoms with Crippen molar-refractivity contribution in [2.24, 2.45) is 0 Å². The molecule has 0 radical (unpaired) electrons. The summed E-state index contributed by atoms with van der Waals surface area (Å²) in [5.41, 5.74) is 0. The fraction of sp³-hybridized carbons (Fsp3) is 0.818. The lowest BCUT2D eigenvalue weighted by atomic mass is 9.96. The molecule has 1 aliphatic rings. The second-order valence-corrected chi connectivity index (χ2v) is 5.18. The number of ether oxygens (including phenoxy) is 1. The minimum Gasteiger partial charge on any atom is -0.464 e. The number of carbonyl (C=O) groups is 2. The number of carbonyl (C=O) groups excluding carboxylic acids is 2. The molecule has 1 N–H and O–H groups in total. The van der Waals surface area contributed by atoms with Crippen molar-refractivity contribution in [3.63, 3.8) is 0 Å². The van der Waals surface area contributed by atoms with Gasteiger partial charge in [0.05, 0.1) is 13.0 Å². The van der Waals surface area contributed by atoms with Crippen LogP contribution < -0.4 is 5.32 Å². The highest BCUT2D eigenvalue weighted by molar-refractivity contribution is 5.85. The average molecular weight is 411 g/mol. The number of cyclic esters (lactones) is 1. The van der Waals surface area contributed by atoms with Gasteiger partial charge < -0.3 is 10.1 Å². The molecule has 1 heterocycles. The van der Waals surface area contributed by atoms with Crippen LogP contribution >= 0.6 is 0 Å². The quantitative estimate of drug-likeness (QED) is 0.541. The van der Waals surface area contributed by atoms with Crippen molar-refractivity contribution in [2.75, 3.05) is 6.61 Å². The molecule has 1 aliphatic heterocycles. The third kappa shape index (κ3) is 3.51. The zero-order chi connectivity index (χ0) is 20.8. The van der Waals surface area contributed by atoms with Crippen LogP contribution in [-0.4, -0.2) is 54.4 Å². The number of halogens is 11. The van der Waals surface area contributed by atoms with Gasteiger partial charge in [-0.25, -0.2) is 4.79 Å². The Bertz CT molecular complexity index is 572. The van der Waals surface area contributed by atoms with Gasteiger partial charge in [0.15, 0.2) is 0 Å². The van der Waals surface area contributed by atoms with Crippen LogP contribution in [-0.2, 0) is 14.3 Å². The predicted molar refractivity (Wildman–Crippen MR) is 58.0 cm³/mol. The van der Waals surface area contributed by atoms with Crippen LogP contribution in [0.4, 0.5) is 48.3 Å². The molecule has 1 saturated heterocycles. The number of nitrogens with one attached hydrogen (secondary N) is 1. The molecule has 1 amide bonds. The van der Waals surface area contributed by atoms with Crippen molar-refractivity contribution in [3.8, 4) is 0 Å². The Kier molecular flexibility index (Phi) is 5.47. The van der Waals surface area contributed by atoms with Crippen LogP contribution in [0.25, 0.3) is 0 Å². The van der Waals surface area contributed by atoms with Crippen LogP contribution in [0.1, 0.15) is 12.8 Å². The summed E-state index contributed by atoms with van der Waals surface area (Å²) < 4.78 is 144. The zero-order valence-electron chi connectivity index (χ0n) is 12.1. The zero-order valence-corrected chi connectivity index (χ0v) is 12.1. The molecule has 15 heteroatoms. The van der Waals surface area contributed by atoms with Crippen molar-refractivity contribution in [1.82, 2.24) is 5.32 Å². The minimum absolute atomic E-state index is 0.283. The summed E-state index contributed by atoms with van der Waals surface area (Å²) in [6, 6.07) is -1.58. The first-order valence-corrected chi connectivity index (χ1v) is 6.42. The summed E-state index contributed by atoms with van der Waals surface area (Å²) in [5.74, 6) is -32.0. The van der Waals surface area contributed by atoms with Crippen LogP contribution in [0.3, 0.4) is 0 Å². The number of alkyl halides is 11. The van der Waals surface area contributed by atoms with Crippen molar-refractivity contribution >= 4 is 11.9 Å². The fourth-order valence-corrected chi connectivity index (χ4v) is 1.79. The molecular formula is C11H8F11NO3. The highest BCUT2D eigenvalue weighted by atomic mass is 19.4. The molecule has 0 spiro atoms. The first kappa shape index (κ1) is 22.2. The summed E-state index contributed by atoms with van der Waals surface area (Å²) >= 11 is 0. The Morgan fingerprint density at radius 3 is 1.81 bits per heavy atom. The van der Waals surface area contributed by atoms with Gasteiger partial charge in [0, 0.05) is 6.42 Å². The van der Waals surface area contributed by atoms with E-state index in [0.29, 0.717) is 0 Å². The van der Waals surface area contributed by atoms with Crippen LogP contribution in [0.5, 0.6) is 0 Å². The molecule has 0 aromatic carbocycles. The molecule has 0 aromatic rings. The largest absolute Gasteiger partial charge is 0.464 e. The fourth-order valence-electron chi connectivity index (χ4n) is 1.79. The number of esters is 1. The summed E-state index contributed by atoms with van der Waals surface area (Å²) in [4.78, 5) is 22.2. The highest BCUT2D eigenvalue weighted by Gasteiger charge is 2.87. The number of amides is 1. The molecule has 1 fully saturated rings. The Morgan fingerprint density at radius 1 is 0.923 bits per heavy atom. The monoisotopic (exact) mass is 411 g/mol. The maximum absolute atomic E-state index is 13.3. The third-order valence-electron chi connectivity index (χ3n) is 3.26. The third-order valence-corrected chi connectivity index (χ3v) is 3.26. The van der Waals surface area contributed by atoms with E-state index in [9.17, 15) is 57.9 Å². The highest BCUT2D eigenvalue weighted by Crippen LogP contribution is 2.57. The smallest absolute Gasteiger partial charge is 0.460 e. The van der Waals surface area contributed by atoms with Crippen LogP contribution in [0, 0.1) is 0 Å². The molecule has 1 rings (SSSR count). The number of hydrogen-bond acceptors (Lipinski definition) is 3. The van der Waals surface area contributed by atoms with E-state index in [0.717, 1.165) is 0 Å². The molecule has 0 aliphatic carbocycles. The molecule has 0 aromatic heterocycles. The van der Waals surface area contributed by atoms with E-state index in [-0.39, 0.29) is 13.0 Å². The van der Waals surface area contributed by atoms with E-state index >= 15 is 0 Å². The standard InChI is InChI=1S/C11H8F11NO3/c12-7(13,3-5(24)23-4-1-2-26-6(4)25)8(14,15)9(16,17)10(18,19)11(20,21)22/h4H,1-3H2,(H,23,24)/t4-/m0/s1. The molecule has 1 atom stereocenters. The summed E-state index contributed by atoms with van der Waals surface area (Å²) in [7, 11) is 0. The van der Waals surface area contributed by atoms with Gasteiger partial charge in [0.25, 0.3) is 0 Å². The maximum atomic E-state index is 13.3. The van der Waals surface area contributed by atoms with Gasteiger partial charge in [-0.3, -0.25) is 4.79 Å².